The van der Waals surface area contributed by atoms with Crippen molar-refractivity contribution in [1.82, 2.24) is 4.90 Å². The second-order valence-electron chi connectivity index (χ2n) is 8.13. The summed E-state index contributed by atoms with van der Waals surface area (Å²) < 4.78 is 0. The maximum atomic E-state index is 8.46. The standard InChI is InChI=1S/C22H35N3/c1-10-17-15(6)19-12-11-18(13(2)3)20(16(7)23)21(19)25(9)22(17)24(8)14(4)5/h10-15,17,22-23H,1H2,2-9H3. The van der Waals surface area contributed by atoms with Gasteiger partial charge >= 0.3 is 0 Å². The summed E-state index contributed by atoms with van der Waals surface area (Å²) in [4.78, 5) is 4.82. The lowest BCUT2D eigenvalue weighted by atomic mass is 9.76. The number of hydrogen-bond acceptors (Lipinski definition) is 3. The molecular weight excluding hydrogens is 306 g/mol. The lowest BCUT2D eigenvalue weighted by molar-refractivity contribution is 0.140. The van der Waals surface area contributed by atoms with Crippen LogP contribution in [0.25, 0.3) is 0 Å². The molecule has 3 heteroatoms. The van der Waals surface area contributed by atoms with E-state index in [0.29, 0.717) is 29.5 Å². The van der Waals surface area contributed by atoms with Crippen LogP contribution in [0.15, 0.2) is 24.8 Å². The molecule has 0 radical (unpaired) electrons. The van der Waals surface area contributed by atoms with E-state index in [2.05, 4.69) is 83.3 Å². The topological polar surface area (TPSA) is 30.3 Å². The van der Waals surface area contributed by atoms with Gasteiger partial charge in [-0.15, -0.1) is 6.58 Å². The Morgan fingerprint density at radius 3 is 2.32 bits per heavy atom. The summed E-state index contributed by atoms with van der Waals surface area (Å²) >= 11 is 0. The van der Waals surface area contributed by atoms with E-state index in [1.807, 2.05) is 6.92 Å². The van der Waals surface area contributed by atoms with Crippen LogP contribution in [0.4, 0.5) is 5.69 Å². The minimum absolute atomic E-state index is 0.250. The van der Waals surface area contributed by atoms with Gasteiger partial charge in [-0.2, -0.15) is 0 Å². The quantitative estimate of drug-likeness (QED) is 0.588. The lowest BCUT2D eigenvalue weighted by Crippen LogP contribution is -2.55. The highest BCUT2D eigenvalue weighted by Crippen LogP contribution is 2.46. The summed E-state index contributed by atoms with van der Waals surface area (Å²) in [5.74, 6) is 1.14. The average molecular weight is 342 g/mol. The van der Waals surface area contributed by atoms with Gasteiger partial charge in [0.25, 0.3) is 0 Å². The first kappa shape index (κ1) is 19.7. The maximum Gasteiger partial charge on any atom is 0.0886 e. The van der Waals surface area contributed by atoms with Gasteiger partial charge in [-0.05, 0) is 50.8 Å². The molecule has 3 nitrogen and oxygen atoms in total. The zero-order chi connectivity index (χ0) is 19.0. The molecule has 1 aliphatic rings. The van der Waals surface area contributed by atoms with Crippen molar-refractivity contribution in [3.8, 4) is 0 Å². The molecule has 3 atom stereocenters. The Labute approximate surface area is 154 Å². The average Bonchev–Trinajstić information content (AvgIpc) is 2.55. The molecule has 0 amide bonds. The fourth-order valence-corrected chi connectivity index (χ4v) is 4.28. The highest BCUT2D eigenvalue weighted by atomic mass is 15.4. The molecule has 0 saturated heterocycles. The van der Waals surface area contributed by atoms with Crippen LogP contribution in [0.5, 0.6) is 0 Å². The van der Waals surface area contributed by atoms with Crippen molar-refractivity contribution < 1.29 is 0 Å². The molecule has 1 N–H and O–H groups in total. The Kier molecular flexibility index (Phi) is 5.78. The first-order chi connectivity index (χ1) is 11.6. The van der Waals surface area contributed by atoms with E-state index in [4.69, 9.17) is 5.41 Å². The SMILES string of the molecule is C=CC1C(C)c2ccc(C(C)C)c(C(C)=N)c2N(C)C1N(C)C(C)C. The van der Waals surface area contributed by atoms with E-state index in [1.54, 1.807) is 0 Å². The van der Waals surface area contributed by atoms with Gasteiger partial charge in [0.15, 0.2) is 0 Å². The third kappa shape index (κ3) is 3.27. The second kappa shape index (κ2) is 7.33. The van der Waals surface area contributed by atoms with Crippen LogP contribution < -0.4 is 4.90 Å². The molecule has 138 valence electrons. The minimum Gasteiger partial charge on any atom is -0.357 e. The third-order valence-corrected chi connectivity index (χ3v) is 5.90. The van der Waals surface area contributed by atoms with Gasteiger partial charge < -0.3 is 10.3 Å². The molecular formula is C22H35N3. The molecule has 0 fully saturated rings. The van der Waals surface area contributed by atoms with E-state index >= 15 is 0 Å². The van der Waals surface area contributed by atoms with E-state index in [-0.39, 0.29) is 6.17 Å². The summed E-state index contributed by atoms with van der Waals surface area (Å²) in [6.45, 7) is 17.3. The van der Waals surface area contributed by atoms with Gasteiger partial charge in [0.2, 0.25) is 0 Å². The summed E-state index contributed by atoms with van der Waals surface area (Å²) in [6.07, 6.45) is 2.36. The highest BCUT2D eigenvalue weighted by molar-refractivity contribution is 6.04. The Hall–Kier alpha value is -1.61. The predicted molar refractivity (Wildman–Crippen MR) is 110 cm³/mol. The lowest BCUT2D eigenvalue weighted by Gasteiger charge is -2.50. The van der Waals surface area contributed by atoms with Crippen LogP contribution >= 0.6 is 0 Å². The molecule has 0 saturated carbocycles. The molecule has 2 rings (SSSR count). The third-order valence-electron chi connectivity index (χ3n) is 5.90. The number of rotatable bonds is 5. The Bertz CT molecular complexity index is 659. The van der Waals surface area contributed by atoms with E-state index in [9.17, 15) is 0 Å². The van der Waals surface area contributed by atoms with Crippen molar-refractivity contribution in [3.63, 3.8) is 0 Å². The number of nitrogens with one attached hydrogen (secondary N) is 1. The number of fused-ring (bicyclic) bond motifs is 1. The van der Waals surface area contributed by atoms with Gasteiger partial charge in [0.1, 0.15) is 0 Å². The van der Waals surface area contributed by atoms with Gasteiger partial charge in [0, 0.05) is 30.3 Å². The molecule has 1 aliphatic heterocycles. The molecule has 1 aromatic rings. The highest BCUT2D eigenvalue weighted by Gasteiger charge is 2.40. The Balaban J connectivity index is 2.76. The summed E-state index contributed by atoms with van der Waals surface area (Å²) in [7, 11) is 4.38. The molecule has 25 heavy (non-hydrogen) atoms. The largest absolute Gasteiger partial charge is 0.357 e. The zero-order valence-electron chi connectivity index (χ0n) is 17.2. The van der Waals surface area contributed by atoms with Crippen molar-refractivity contribution in [2.75, 3.05) is 19.0 Å². The summed E-state index contributed by atoms with van der Waals surface area (Å²) in [6, 6.07) is 4.95. The summed E-state index contributed by atoms with van der Waals surface area (Å²) in [5, 5.41) is 8.46. The van der Waals surface area contributed by atoms with Crippen LogP contribution in [0, 0.1) is 11.3 Å². The van der Waals surface area contributed by atoms with Gasteiger partial charge in [-0.3, -0.25) is 4.90 Å². The van der Waals surface area contributed by atoms with Crippen molar-refractivity contribution in [1.29, 1.82) is 5.41 Å². The predicted octanol–water partition coefficient (Wildman–Crippen LogP) is 5.22. The van der Waals surface area contributed by atoms with Gasteiger partial charge in [-0.1, -0.05) is 39.0 Å². The Morgan fingerprint density at radius 2 is 1.88 bits per heavy atom. The van der Waals surface area contributed by atoms with Crippen molar-refractivity contribution in [2.24, 2.45) is 5.92 Å². The first-order valence-corrected chi connectivity index (χ1v) is 9.43. The maximum absolute atomic E-state index is 8.46. The van der Waals surface area contributed by atoms with Gasteiger partial charge in [0.05, 0.1) is 11.9 Å². The number of anilines is 1. The molecule has 3 unspecified atom stereocenters. The smallest absolute Gasteiger partial charge is 0.0886 e. The molecule has 0 bridgehead atoms. The van der Waals surface area contributed by atoms with Crippen molar-refractivity contribution >= 4 is 11.4 Å². The normalized spacial score (nSPS) is 23.3. The van der Waals surface area contributed by atoms with E-state index in [0.717, 1.165) is 5.56 Å². The number of benzene rings is 1. The van der Waals surface area contributed by atoms with Crippen LogP contribution in [0.3, 0.4) is 0 Å². The number of hydrogen-bond donors (Lipinski definition) is 1. The second-order valence-corrected chi connectivity index (χ2v) is 8.13. The molecule has 1 aromatic carbocycles. The van der Waals surface area contributed by atoms with Crippen LogP contribution in [-0.4, -0.2) is 36.9 Å². The van der Waals surface area contributed by atoms with Crippen LogP contribution in [0.1, 0.15) is 70.1 Å². The Morgan fingerprint density at radius 1 is 1.28 bits per heavy atom. The first-order valence-electron chi connectivity index (χ1n) is 9.43. The molecule has 0 spiro atoms. The van der Waals surface area contributed by atoms with E-state index in [1.165, 1.54) is 16.8 Å². The molecule has 0 aliphatic carbocycles. The van der Waals surface area contributed by atoms with Crippen LogP contribution in [0.2, 0.25) is 0 Å². The number of nitrogens with zero attached hydrogens (tertiary/aromatic N) is 2. The van der Waals surface area contributed by atoms with Crippen LogP contribution in [-0.2, 0) is 0 Å². The fourth-order valence-electron chi connectivity index (χ4n) is 4.28. The summed E-state index contributed by atoms with van der Waals surface area (Å²) in [5.41, 5.74) is 5.62. The van der Waals surface area contributed by atoms with Gasteiger partial charge in [-0.25, -0.2) is 0 Å². The van der Waals surface area contributed by atoms with E-state index < -0.39 is 0 Å². The van der Waals surface area contributed by atoms with Crippen molar-refractivity contribution in [3.05, 3.63) is 41.5 Å². The monoisotopic (exact) mass is 341 g/mol. The molecule has 0 aromatic heterocycles. The van der Waals surface area contributed by atoms with Crippen molar-refractivity contribution in [2.45, 2.75) is 65.6 Å². The minimum atomic E-state index is 0.250. The fraction of sp³-hybridized carbons (Fsp3) is 0.591. The molecule has 1 heterocycles. The zero-order valence-corrected chi connectivity index (χ0v) is 17.2.